The number of rotatable bonds is 4. The molecule has 0 atom stereocenters. The lowest BCUT2D eigenvalue weighted by atomic mass is 9.94. The highest BCUT2D eigenvalue weighted by Gasteiger charge is 2.30. The van der Waals surface area contributed by atoms with Crippen LogP contribution in [0, 0.1) is 12.8 Å². The lowest BCUT2D eigenvalue weighted by Gasteiger charge is -2.34. The number of hydrogen-bond donors (Lipinski definition) is 0. The first-order chi connectivity index (χ1) is 13.0. The molecule has 0 aromatic heterocycles. The number of carbonyl (C=O) groups excluding carboxylic acids is 2. The van der Waals surface area contributed by atoms with Gasteiger partial charge in [-0.15, -0.1) is 0 Å². The number of benzene rings is 2. The van der Waals surface area contributed by atoms with E-state index < -0.39 is 0 Å². The topological polar surface area (TPSA) is 40.6 Å². The second-order valence-corrected chi connectivity index (χ2v) is 7.43. The normalized spacial score (nSPS) is 14.9. The number of piperidine rings is 1. The van der Waals surface area contributed by atoms with E-state index in [1.54, 1.807) is 24.3 Å². The van der Waals surface area contributed by atoms with Gasteiger partial charge in [-0.3, -0.25) is 9.59 Å². The van der Waals surface area contributed by atoms with Gasteiger partial charge in [0.15, 0.2) is 0 Å². The van der Waals surface area contributed by atoms with Crippen LogP contribution in [0.15, 0.2) is 48.5 Å². The molecule has 1 saturated heterocycles. The fourth-order valence-electron chi connectivity index (χ4n) is 3.59. The summed E-state index contributed by atoms with van der Waals surface area (Å²) in [4.78, 5) is 29.3. The Kier molecular flexibility index (Phi) is 6.17. The van der Waals surface area contributed by atoms with Crippen molar-refractivity contribution < 1.29 is 9.59 Å². The predicted octanol–water partition coefficient (Wildman–Crippen LogP) is 4.55. The minimum absolute atomic E-state index is 0.00333. The standard InChI is InChI=1S/C22H25ClN2O2/c1-3-25(20-6-4-5-16(2)15-20)22(27)18-11-13-24(14-12-18)21(26)17-7-9-19(23)10-8-17/h4-10,15,18H,3,11-14H2,1-2H3. The molecule has 5 heteroatoms. The van der Waals surface area contributed by atoms with Crippen LogP contribution in [0.2, 0.25) is 5.02 Å². The van der Waals surface area contributed by atoms with E-state index in [-0.39, 0.29) is 17.7 Å². The van der Waals surface area contributed by atoms with Gasteiger partial charge in [0.05, 0.1) is 0 Å². The third kappa shape index (κ3) is 4.51. The molecule has 2 aromatic rings. The molecule has 1 aliphatic rings. The predicted molar refractivity (Wildman–Crippen MR) is 109 cm³/mol. The maximum atomic E-state index is 13.0. The fraction of sp³-hybridized carbons (Fsp3) is 0.364. The number of aryl methyl sites for hydroxylation is 1. The molecule has 1 fully saturated rings. The van der Waals surface area contributed by atoms with E-state index in [9.17, 15) is 9.59 Å². The summed E-state index contributed by atoms with van der Waals surface area (Å²) in [6.45, 7) is 5.88. The summed E-state index contributed by atoms with van der Waals surface area (Å²) in [6.07, 6.45) is 1.39. The van der Waals surface area contributed by atoms with Crippen LogP contribution in [0.25, 0.3) is 0 Å². The average Bonchev–Trinajstić information content (AvgIpc) is 2.69. The number of halogens is 1. The molecule has 0 aliphatic carbocycles. The third-order valence-electron chi connectivity index (χ3n) is 5.12. The summed E-state index contributed by atoms with van der Waals surface area (Å²) in [7, 11) is 0. The molecular weight excluding hydrogens is 360 g/mol. The highest BCUT2D eigenvalue weighted by Crippen LogP contribution is 2.25. The van der Waals surface area contributed by atoms with Gasteiger partial charge in [-0.2, -0.15) is 0 Å². The summed E-state index contributed by atoms with van der Waals surface area (Å²) in [5, 5.41) is 0.617. The first-order valence-corrected chi connectivity index (χ1v) is 9.80. The van der Waals surface area contributed by atoms with Gasteiger partial charge in [0, 0.05) is 41.8 Å². The van der Waals surface area contributed by atoms with Gasteiger partial charge in [-0.25, -0.2) is 0 Å². The molecule has 0 saturated carbocycles. The molecule has 1 aliphatic heterocycles. The molecule has 0 unspecified atom stereocenters. The first-order valence-electron chi connectivity index (χ1n) is 9.42. The van der Waals surface area contributed by atoms with Crippen LogP contribution < -0.4 is 4.90 Å². The zero-order valence-electron chi connectivity index (χ0n) is 15.8. The molecular formula is C22H25ClN2O2. The molecule has 2 aromatic carbocycles. The number of likely N-dealkylation sites (tertiary alicyclic amines) is 1. The third-order valence-corrected chi connectivity index (χ3v) is 5.37. The van der Waals surface area contributed by atoms with E-state index in [1.807, 2.05) is 47.9 Å². The van der Waals surface area contributed by atoms with Gasteiger partial charge < -0.3 is 9.80 Å². The van der Waals surface area contributed by atoms with E-state index in [2.05, 4.69) is 0 Å². The van der Waals surface area contributed by atoms with Crippen LogP contribution in [0.5, 0.6) is 0 Å². The van der Waals surface area contributed by atoms with Gasteiger partial charge >= 0.3 is 0 Å². The van der Waals surface area contributed by atoms with Crippen molar-refractivity contribution in [3.8, 4) is 0 Å². The minimum atomic E-state index is -0.0419. The zero-order valence-corrected chi connectivity index (χ0v) is 16.6. The van der Waals surface area contributed by atoms with Crippen LogP contribution in [0.4, 0.5) is 5.69 Å². The second-order valence-electron chi connectivity index (χ2n) is 6.99. The number of amides is 2. The van der Waals surface area contributed by atoms with Crippen molar-refractivity contribution in [2.45, 2.75) is 26.7 Å². The number of carbonyl (C=O) groups is 2. The summed E-state index contributed by atoms with van der Waals surface area (Å²) < 4.78 is 0. The summed E-state index contributed by atoms with van der Waals surface area (Å²) in [6, 6.07) is 15.0. The Hall–Kier alpha value is -2.33. The van der Waals surface area contributed by atoms with E-state index >= 15 is 0 Å². The summed E-state index contributed by atoms with van der Waals surface area (Å²) in [5.74, 6) is 0.116. The van der Waals surface area contributed by atoms with Crippen molar-refractivity contribution in [2.24, 2.45) is 5.92 Å². The van der Waals surface area contributed by atoms with Crippen LogP contribution in [0.3, 0.4) is 0 Å². The molecule has 1 heterocycles. The van der Waals surface area contributed by atoms with Crippen LogP contribution in [0.1, 0.15) is 35.7 Å². The zero-order chi connectivity index (χ0) is 19.4. The molecule has 3 rings (SSSR count). The quantitative estimate of drug-likeness (QED) is 0.775. The Balaban J connectivity index is 1.63. The van der Waals surface area contributed by atoms with Gasteiger partial charge in [-0.1, -0.05) is 23.7 Å². The van der Waals surface area contributed by atoms with Crippen molar-refractivity contribution in [2.75, 3.05) is 24.5 Å². The Bertz CT molecular complexity index is 811. The number of anilines is 1. The largest absolute Gasteiger partial charge is 0.339 e. The summed E-state index contributed by atoms with van der Waals surface area (Å²) in [5.41, 5.74) is 2.73. The Labute approximate surface area is 165 Å². The van der Waals surface area contributed by atoms with E-state index in [0.29, 0.717) is 43.1 Å². The van der Waals surface area contributed by atoms with E-state index in [1.165, 1.54) is 0 Å². The van der Waals surface area contributed by atoms with Crippen molar-refractivity contribution in [1.82, 2.24) is 4.90 Å². The van der Waals surface area contributed by atoms with Crippen molar-refractivity contribution in [1.29, 1.82) is 0 Å². The van der Waals surface area contributed by atoms with Gasteiger partial charge in [0.25, 0.3) is 5.91 Å². The Morgan fingerprint density at radius 1 is 1.11 bits per heavy atom. The van der Waals surface area contributed by atoms with Gasteiger partial charge in [-0.05, 0) is 68.7 Å². The molecule has 27 heavy (non-hydrogen) atoms. The van der Waals surface area contributed by atoms with Crippen LogP contribution in [-0.2, 0) is 4.79 Å². The van der Waals surface area contributed by atoms with Gasteiger partial charge in [0.2, 0.25) is 5.91 Å². The Morgan fingerprint density at radius 2 is 1.78 bits per heavy atom. The molecule has 0 spiro atoms. The smallest absolute Gasteiger partial charge is 0.253 e. The van der Waals surface area contributed by atoms with Crippen LogP contribution in [-0.4, -0.2) is 36.3 Å². The average molecular weight is 385 g/mol. The maximum Gasteiger partial charge on any atom is 0.253 e. The Morgan fingerprint density at radius 3 is 2.37 bits per heavy atom. The fourth-order valence-corrected chi connectivity index (χ4v) is 3.71. The lowest BCUT2D eigenvalue weighted by Crippen LogP contribution is -2.44. The first kappa shape index (κ1) is 19.4. The highest BCUT2D eigenvalue weighted by atomic mass is 35.5. The maximum absolute atomic E-state index is 13.0. The summed E-state index contributed by atoms with van der Waals surface area (Å²) >= 11 is 5.89. The molecule has 0 bridgehead atoms. The lowest BCUT2D eigenvalue weighted by molar-refractivity contribution is -0.123. The number of nitrogens with zero attached hydrogens (tertiary/aromatic N) is 2. The van der Waals surface area contributed by atoms with Crippen molar-refractivity contribution >= 4 is 29.1 Å². The SMILES string of the molecule is CCN(C(=O)C1CCN(C(=O)c2ccc(Cl)cc2)CC1)c1cccc(C)c1. The molecule has 2 amide bonds. The second kappa shape index (κ2) is 8.57. The molecule has 142 valence electrons. The van der Waals surface area contributed by atoms with E-state index in [0.717, 1.165) is 11.3 Å². The van der Waals surface area contributed by atoms with Gasteiger partial charge in [0.1, 0.15) is 0 Å². The van der Waals surface area contributed by atoms with Crippen molar-refractivity contribution in [3.63, 3.8) is 0 Å². The van der Waals surface area contributed by atoms with Crippen LogP contribution >= 0.6 is 11.6 Å². The van der Waals surface area contributed by atoms with E-state index in [4.69, 9.17) is 11.6 Å². The molecule has 4 nitrogen and oxygen atoms in total. The molecule has 0 radical (unpaired) electrons. The number of hydrogen-bond acceptors (Lipinski definition) is 2. The minimum Gasteiger partial charge on any atom is -0.339 e. The monoisotopic (exact) mass is 384 g/mol. The molecule has 0 N–H and O–H groups in total. The van der Waals surface area contributed by atoms with Crippen molar-refractivity contribution in [3.05, 3.63) is 64.7 Å². The highest BCUT2D eigenvalue weighted by molar-refractivity contribution is 6.30.